The van der Waals surface area contributed by atoms with Gasteiger partial charge < -0.3 is 14.8 Å². The molecule has 1 rings (SSSR count). The van der Waals surface area contributed by atoms with Crippen LogP contribution in [0.2, 0.25) is 0 Å². The van der Waals surface area contributed by atoms with E-state index in [1.807, 2.05) is 19.1 Å². The van der Waals surface area contributed by atoms with Crippen LogP contribution in [-0.2, 0) is 5.54 Å². The first-order chi connectivity index (χ1) is 6.98. The third kappa shape index (κ3) is 3.33. The van der Waals surface area contributed by atoms with Gasteiger partial charge in [-0.1, -0.05) is 13.8 Å². The van der Waals surface area contributed by atoms with Crippen molar-refractivity contribution in [3.63, 3.8) is 0 Å². The standard InChI is InChI=1S/C11H18BrNO2/c1-8(2)6-13-11(3,7-14)9-4-5-10(12)15-9/h4-5,8,13-14H,6-7H2,1-3H3. The Morgan fingerprint density at radius 1 is 1.53 bits per heavy atom. The van der Waals surface area contributed by atoms with Crippen LogP contribution < -0.4 is 5.32 Å². The molecular weight excluding hydrogens is 258 g/mol. The lowest BCUT2D eigenvalue weighted by molar-refractivity contribution is 0.148. The number of aliphatic hydroxyl groups excluding tert-OH is 1. The summed E-state index contributed by atoms with van der Waals surface area (Å²) in [6.45, 7) is 7.04. The van der Waals surface area contributed by atoms with Gasteiger partial charge >= 0.3 is 0 Å². The second kappa shape index (κ2) is 5.14. The number of hydrogen-bond acceptors (Lipinski definition) is 3. The third-order valence-electron chi connectivity index (χ3n) is 2.33. The molecule has 0 bridgehead atoms. The number of hydrogen-bond donors (Lipinski definition) is 2. The Balaban J connectivity index is 2.75. The zero-order valence-corrected chi connectivity index (χ0v) is 11.0. The maximum atomic E-state index is 9.42. The third-order valence-corrected chi connectivity index (χ3v) is 2.76. The van der Waals surface area contributed by atoms with Gasteiger partial charge in [-0.2, -0.15) is 0 Å². The molecule has 0 aliphatic rings. The summed E-state index contributed by atoms with van der Waals surface area (Å²) in [5.74, 6) is 1.28. The second-order valence-electron chi connectivity index (χ2n) is 4.37. The highest BCUT2D eigenvalue weighted by molar-refractivity contribution is 9.10. The first-order valence-corrected chi connectivity index (χ1v) is 5.89. The zero-order valence-electron chi connectivity index (χ0n) is 9.38. The van der Waals surface area contributed by atoms with Gasteiger partial charge in [-0.15, -0.1) is 0 Å². The van der Waals surface area contributed by atoms with Crippen LogP contribution in [0, 0.1) is 5.92 Å². The summed E-state index contributed by atoms with van der Waals surface area (Å²) < 4.78 is 6.15. The van der Waals surface area contributed by atoms with E-state index in [0.717, 1.165) is 12.3 Å². The Kier molecular flexibility index (Phi) is 4.37. The summed E-state index contributed by atoms with van der Waals surface area (Å²) in [5, 5.41) is 12.7. The van der Waals surface area contributed by atoms with Crippen molar-refractivity contribution in [1.29, 1.82) is 0 Å². The topological polar surface area (TPSA) is 45.4 Å². The number of halogens is 1. The highest BCUT2D eigenvalue weighted by atomic mass is 79.9. The molecule has 0 aliphatic heterocycles. The molecule has 15 heavy (non-hydrogen) atoms. The van der Waals surface area contributed by atoms with Crippen molar-refractivity contribution in [3.05, 3.63) is 22.6 Å². The first kappa shape index (κ1) is 12.7. The molecule has 0 saturated carbocycles. The van der Waals surface area contributed by atoms with Gasteiger partial charge in [0, 0.05) is 0 Å². The van der Waals surface area contributed by atoms with Crippen molar-refractivity contribution in [2.24, 2.45) is 5.92 Å². The summed E-state index contributed by atoms with van der Waals surface area (Å²) in [7, 11) is 0. The molecule has 0 aromatic carbocycles. The molecule has 2 N–H and O–H groups in total. The minimum absolute atomic E-state index is 0.0136. The van der Waals surface area contributed by atoms with Gasteiger partial charge in [-0.05, 0) is 47.4 Å². The van der Waals surface area contributed by atoms with E-state index in [-0.39, 0.29) is 6.61 Å². The lowest BCUT2D eigenvalue weighted by Gasteiger charge is -2.27. The van der Waals surface area contributed by atoms with Crippen molar-refractivity contribution >= 4 is 15.9 Å². The lowest BCUT2D eigenvalue weighted by atomic mass is 9.99. The Hall–Kier alpha value is -0.320. The molecule has 0 spiro atoms. The minimum Gasteiger partial charge on any atom is -0.452 e. The van der Waals surface area contributed by atoms with Gasteiger partial charge in [0.25, 0.3) is 0 Å². The molecular formula is C11H18BrNO2. The molecule has 1 atom stereocenters. The van der Waals surface area contributed by atoms with E-state index in [9.17, 15) is 5.11 Å². The van der Waals surface area contributed by atoms with Crippen LogP contribution in [0.15, 0.2) is 21.2 Å². The van der Waals surface area contributed by atoms with Crippen molar-refractivity contribution < 1.29 is 9.52 Å². The normalized spacial score (nSPS) is 15.6. The summed E-state index contributed by atoms with van der Waals surface area (Å²) >= 11 is 3.26. The molecule has 1 unspecified atom stereocenters. The Morgan fingerprint density at radius 2 is 2.20 bits per heavy atom. The average molecular weight is 276 g/mol. The average Bonchev–Trinajstić information content (AvgIpc) is 2.62. The van der Waals surface area contributed by atoms with E-state index in [1.54, 1.807) is 0 Å². The maximum absolute atomic E-state index is 9.42. The zero-order chi connectivity index (χ0) is 11.5. The van der Waals surface area contributed by atoms with Crippen molar-refractivity contribution in [2.75, 3.05) is 13.2 Å². The second-order valence-corrected chi connectivity index (χ2v) is 5.15. The van der Waals surface area contributed by atoms with Crippen molar-refractivity contribution in [3.8, 4) is 0 Å². The largest absolute Gasteiger partial charge is 0.452 e. The molecule has 86 valence electrons. The smallest absolute Gasteiger partial charge is 0.169 e. The van der Waals surface area contributed by atoms with Gasteiger partial charge in [0.2, 0.25) is 0 Å². The van der Waals surface area contributed by atoms with Crippen LogP contribution in [0.3, 0.4) is 0 Å². The Bertz CT molecular complexity index is 311. The quantitative estimate of drug-likeness (QED) is 0.868. The summed E-state index contributed by atoms with van der Waals surface area (Å²) in [5.41, 5.74) is -0.504. The molecule has 0 amide bonds. The van der Waals surface area contributed by atoms with Crippen LogP contribution in [0.5, 0.6) is 0 Å². The molecule has 0 aliphatic carbocycles. The number of furan rings is 1. The molecule has 1 aromatic rings. The van der Waals surface area contributed by atoms with E-state index in [0.29, 0.717) is 10.6 Å². The lowest BCUT2D eigenvalue weighted by Crippen LogP contribution is -2.44. The monoisotopic (exact) mass is 275 g/mol. The molecule has 1 heterocycles. The Labute approximate surface area is 99.0 Å². The molecule has 4 heteroatoms. The maximum Gasteiger partial charge on any atom is 0.169 e. The first-order valence-electron chi connectivity index (χ1n) is 5.09. The molecule has 3 nitrogen and oxygen atoms in total. The molecule has 0 fully saturated rings. The van der Waals surface area contributed by atoms with E-state index in [1.165, 1.54) is 0 Å². The van der Waals surface area contributed by atoms with Gasteiger partial charge in [-0.3, -0.25) is 0 Å². The fourth-order valence-corrected chi connectivity index (χ4v) is 1.57. The summed E-state index contributed by atoms with van der Waals surface area (Å²) in [4.78, 5) is 0. The van der Waals surface area contributed by atoms with Crippen molar-refractivity contribution in [2.45, 2.75) is 26.3 Å². The SMILES string of the molecule is CC(C)CNC(C)(CO)c1ccc(Br)o1. The molecule has 0 saturated heterocycles. The fraction of sp³-hybridized carbons (Fsp3) is 0.636. The summed E-state index contributed by atoms with van der Waals surface area (Å²) in [6.07, 6.45) is 0. The highest BCUT2D eigenvalue weighted by Gasteiger charge is 2.28. The van der Waals surface area contributed by atoms with Crippen LogP contribution in [0.4, 0.5) is 0 Å². The predicted molar refractivity (Wildman–Crippen MR) is 63.7 cm³/mol. The highest BCUT2D eigenvalue weighted by Crippen LogP contribution is 2.25. The fourth-order valence-electron chi connectivity index (χ4n) is 1.26. The number of aliphatic hydroxyl groups is 1. The molecule has 0 radical (unpaired) electrons. The van der Waals surface area contributed by atoms with Gasteiger partial charge in [0.1, 0.15) is 5.76 Å². The van der Waals surface area contributed by atoms with E-state index in [2.05, 4.69) is 35.1 Å². The number of rotatable bonds is 5. The predicted octanol–water partition coefficient (Wildman–Crippen LogP) is 2.50. The van der Waals surface area contributed by atoms with Crippen molar-refractivity contribution in [1.82, 2.24) is 5.32 Å². The van der Waals surface area contributed by atoms with Crippen LogP contribution in [0.1, 0.15) is 26.5 Å². The minimum atomic E-state index is -0.504. The van der Waals surface area contributed by atoms with E-state index in [4.69, 9.17) is 4.42 Å². The summed E-state index contributed by atoms with van der Waals surface area (Å²) in [6, 6.07) is 3.70. The number of nitrogens with one attached hydrogen (secondary N) is 1. The van der Waals surface area contributed by atoms with Gasteiger partial charge in [0.05, 0.1) is 12.1 Å². The van der Waals surface area contributed by atoms with Crippen LogP contribution in [0.25, 0.3) is 0 Å². The van der Waals surface area contributed by atoms with Gasteiger partial charge in [-0.25, -0.2) is 0 Å². The molecule has 1 aromatic heterocycles. The van der Waals surface area contributed by atoms with E-state index < -0.39 is 5.54 Å². The van der Waals surface area contributed by atoms with Crippen LogP contribution >= 0.6 is 15.9 Å². The Morgan fingerprint density at radius 3 is 2.60 bits per heavy atom. The van der Waals surface area contributed by atoms with Gasteiger partial charge in [0.15, 0.2) is 4.67 Å². The van der Waals surface area contributed by atoms with Crippen LogP contribution in [-0.4, -0.2) is 18.3 Å². The van der Waals surface area contributed by atoms with E-state index >= 15 is 0 Å².